The van der Waals surface area contributed by atoms with Crippen LogP contribution in [-0.2, 0) is 0 Å². The number of nitrogens with zero attached hydrogens (tertiary/aromatic N) is 2. The molecule has 0 saturated heterocycles. The number of hydrogen-bond donors (Lipinski definition) is 3. The van der Waals surface area contributed by atoms with Crippen LogP contribution in [0.1, 0.15) is 17.0 Å². The van der Waals surface area contributed by atoms with E-state index < -0.39 is 5.92 Å². The Balaban J connectivity index is 1.90. The Labute approximate surface area is 166 Å². The largest absolute Gasteiger partial charge is 0.504 e. The fraction of sp³-hybridized carbons (Fsp3) is 0.143. The molecule has 1 aromatic heterocycles. The van der Waals surface area contributed by atoms with E-state index in [0.717, 1.165) is 11.3 Å². The molecule has 0 unspecified atom stereocenters. The summed E-state index contributed by atoms with van der Waals surface area (Å²) in [4.78, 5) is 0. The second kappa shape index (κ2) is 7.13. The zero-order chi connectivity index (χ0) is 20.5. The van der Waals surface area contributed by atoms with E-state index in [2.05, 4.69) is 16.3 Å². The lowest BCUT2D eigenvalue weighted by atomic mass is 9.83. The molecule has 0 bridgehead atoms. The van der Waals surface area contributed by atoms with Gasteiger partial charge in [-0.25, -0.2) is 0 Å². The molecule has 1 aliphatic heterocycles. The monoisotopic (exact) mass is 390 g/mol. The van der Waals surface area contributed by atoms with Crippen LogP contribution < -0.4 is 19.9 Å². The summed E-state index contributed by atoms with van der Waals surface area (Å²) in [6.45, 7) is 0. The average molecular weight is 390 g/mol. The minimum Gasteiger partial charge on any atom is -0.504 e. The van der Waals surface area contributed by atoms with Crippen LogP contribution in [0.15, 0.2) is 53.9 Å². The number of aromatic nitrogens is 2. The molecule has 4 rings (SSSR count). The van der Waals surface area contributed by atoms with Gasteiger partial charge in [-0.2, -0.15) is 5.26 Å². The predicted molar refractivity (Wildman–Crippen MR) is 105 cm³/mol. The van der Waals surface area contributed by atoms with Gasteiger partial charge in [0.1, 0.15) is 17.4 Å². The topological polar surface area (TPSA) is 126 Å². The van der Waals surface area contributed by atoms with Crippen molar-refractivity contribution in [3.8, 4) is 40.5 Å². The van der Waals surface area contributed by atoms with E-state index in [9.17, 15) is 10.4 Å². The van der Waals surface area contributed by atoms with E-state index in [-0.39, 0.29) is 23.1 Å². The lowest BCUT2D eigenvalue weighted by Crippen LogP contribution is -2.21. The van der Waals surface area contributed by atoms with Crippen molar-refractivity contribution in [1.29, 1.82) is 5.26 Å². The van der Waals surface area contributed by atoms with Crippen LogP contribution in [0.2, 0.25) is 0 Å². The first-order valence-corrected chi connectivity index (χ1v) is 8.74. The average Bonchev–Trinajstić information content (AvgIpc) is 3.16. The summed E-state index contributed by atoms with van der Waals surface area (Å²) in [5.74, 6) is 0.705. The van der Waals surface area contributed by atoms with Crippen molar-refractivity contribution in [2.45, 2.75) is 5.92 Å². The first kappa shape index (κ1) is 18.3. The number of benzene rings is 2. The van der Waals surface area contributed by atoms with Crippen LogP contribution in [0.5, 0.6) is 23.1 Å². The van der Waals surface area contributed by atoms with Crippen LogP contribution in [0, 0.1) is 11.3 Å². The number of ether oxygens (including phenoxy) is 3. The molecular weight excluding hydrogens is 372 g/mol. The summed E-state index contributed by atoms with van der Waals surface area (Å²) in [6, 6.07) is 14.5. The molecule has 1 atom stereocenters. The number of nitriles is 1. The molecule has 1 aliphatic rings. The molecule has 29 heavy (non-hydrogen) atoms. The van der Waals surface area contributed by atoms with E-state index >= 15 is 0 Å². The number of aromatic hydroxyl groups is 1. The number of hydrogen-bond acceptors (Lipinski definition) is 7. The van der Waals surface area contributed by atoms with Gasteiger partial charge in [-0.15, -0.1) is 5.10 Å². The number of aromatic amines is 1. The minimum absolute atomic E-state index is 0.0203. The van der Waals surface area contributed by atoms with Crippen molar-refractivity contribution in [3.05, 3.63) is 65.0 Å². The van der Waals surface area contributed by atoms with E-state index in [1.807, 2.05) is 24.3 Å². The highest BCUT2D eigenvalue weighted by atomic mass is 16.5. The first-order valence-electron chi connectivity index (χ1n) is 8.74. The van der Waals surface area contributed by atoms with E-state index in [4.69, 9.17) is 19.9 Å². The third-order valence-corrected chi connectivity index (χ3v) is 4.85. The molecule has 2 aromatic carbocycles. The molecule has 3 aromatic rings. The number of phenolic OH excluding ortho intramolecular Hbond substituents is 1. The Morgan fingerprint density at radius 3 is 2.55 bits per heavy atom. The zero-order valence-corrected chi connectivity index (χ0v) is 15.8. The van der Waals surface area contributed by atoms with Crippen LogP contribution in [-0.4, -0.2) is 29.5 Å². The van der Waals surface area contributed by atoms with Gasteiger partial charge in [0, 0.05) is 5.56 Å². The van der Waals surface area contributed by atoms with Crippen LogP contribution in [0.25, 0.3) is 11.3 Å². The highest BCUT2D eigenvalue weighted by molar-refractivity contribution is 5.71. The lowest BCUT2D eigenvalue weighted by molar-refractivity contribution is 0.371. The van der Waals surface area contributed by atoms with Gasteiger partial charge < -0.3 is 25.1 Å². The highest BCUT2D eigenvalue weighted by Gasteiger charge is 2.36. The zero-order valence-electron chi connectivity index (χ0n) is 15.8. The SMILES string of the molecule is COc1ccc(-c2[nH]nc3c2[C@@H](c2ccc(OC)c(O)c2)C(C#N)=C(N)O3)cc1. The van der Waals surface area contributed by atoms with Gasteiger partial charge in [0.25, 0.3) is 0 Å². The van der Waals surface area contributed by atoms with Crippen molar-refractivity contribution in [2.24, 2.45) is 5.73 Å². The van der Waals surface area contributed by atoms with Gasteiger partial charge in [-0.3, -0.25) is 5.10 Å². The molecule has 8 heteroatoms. The fourth-order valence-electron chi connectivity index (χ4n) is 3.44. The second-order valence-corrected chi connectivity index (χ2v) is 6.40. The number of nitrogens with two attached hydrogens (primary N) is 1. The first-order chi connectivity index (χ1) is 14.1. The number of H-pyrrole nitrogens is 1. The smallest absolute Gasteiger partial charge is 0.244 e. The number of nitrogens with one attached hydrogen (secondary N) is 1. The van der Waals surface area contributed by atoms with Gasteiger partial charge in [0.2, 0.25) is 11.8 Å². The van der Waals surface area contributed by atoms with Crippen LogP contribution in [0.4, 0.5) is 0 Å². The van der Waals surface area contributed by atoms with Gasteiger partial charge >= 0.3 is 0 Å². The third-order valence-electron chi connectivity index (χ3n) is 4.85. The Morgan fingerprint density at radius 1 is 1.17 bits per heavy atom. The normalized spacial score (nSPS) is 15.3. The lowest BCUT2D eigenvalue weighted by Gasteiger charge is -2.24. The highest BCUT2D eigenvalue weighted by Crippen LogP contribution is 2.46. The fourth-order valence-corrected chi connectivity index (χ4v) is 3.44. The number of phenols is 1. The maximum atomic E-state index is 10.3. The number of methoxy groups -OCH3 is 2. The van der Waals surface area contributed by atoms with Crippen molar-refractivity contribution in [3.63, 3.8) is 0 Å². The molecule has 2 heterocycles. The maximum absolute atomic E-state index is 10.3. The van der Waals surface area contributed by atoms with E-state index in [1.165, 1.54) is 7.11 Å². The molecule has 8 nitrogen and oxygen atoms in total. The van der Waals surface area contributed by atoms with Gasteiger partial charge in [0.05, 0.1) is 31.4 Å². The van der Waals surface area contributed by atoms with Crippen LogP contribution in [0.3, 0.4) is 0 Å². The quantitative estimate of drug-likeness (QED) is 0.625. The molecule has 0 fully saturated rings. The summed E-state index contributed by atoms with van der Waals surface area (Å²) in [7, 11) is 3.07. The van der Waals surface area contributed by atoms with Gasteiger partial charge in [-0.05, 0) is 42.0 Å². The van der Waals surface area contributed by atoms with Crippen molar-refractivity contribution < 1.29 is 19.3 Å². The molecule has 0 saturated carbocycles. The van der Waals surface area contributed by atoms with Crippen molar-refractivity contribution in [1.82, 2.24) is 10.2 Å². The summed E-state index contributed by atoms with van der Waals surface area (Å²) < 4.78 is 15.9. The Bertz CT molecular complexity index is 1140. The van der Waals surface area contributed by atoms with E-state index in [0.29, 0.717) is 22.6 Å². The number of allylic oxidation sites excluding steroid dienone is 1. The van der Waals surface area contributed by atoms with Crippen molar-refractivity contribution in [2.75, 3.05) is 14.2 Å². The molecule has 0 radical (unpaired) electrons. The Morgan fingerprint density at radius 2 is 1.93 bits per heavy atom. The summed E-state index contributed by atoms with van der Waals surface area (Å²) in [5.41, 5.74) is 9.06. The second-order valence-electron chi connectivity index (χ2n) is 6.40. The van der Waals surface area contributed by atoms with Crippen molar-refractivity contribution >= 4 is 0 Å². The summed E-state index contributed by atoms with van der Waals surface area (Å²) in [6.07, 6.45) is 0. The van der Waals surface area contributed by atoms with Gasteiger partial charge in [-0.1, -0.05) is 6.07 Å². The van der Waals surface area contributed by atoms with E-state index in [1.54, 1.807) is 25.3 Å². The standard InChI is InChI=1S/C21H18N4O4/c1-27-13-6-3-11(4-7-13)19-18-17(12-5-8-16(28-2)15(26)9-12)14(10-22)20(23)29-21(18)25-24-19/h3-9,17,26H,23H2,1-2H3,(H,24,25)/t17-/m0/s1. The van der Waals surface area contributed by atoms with Crippen LogP contribution >= 0.6 is 0 Å². The summed E-state index contributed by atoms with van der Waals surface area (Å²) in [5, 5.41) is 27.2. The molecule has 0 aliphatic carbocycles. The molecule has 0 amide bonds. The number of rotatable bonds is 4. The Kier molecular flexibility index (Phi) is 4.49. The minimum atomic E-state index is -0.573. The number of fused-ring (bicyclic) bond motifs is 1. The summed E-state index contributed by atoms with van der Waals surface area (Å²) >= 11 is 0. The Hall–Kier alpha value is -4.12. The molecule has 146 valence electrons. The van der Waals surface area contributed by atoms with Gasteiger partial charge in [0.15, 0.2) is 11.5 Å². The maximum Gasteiger partial charge on any atom is 0.244 e. The molecule has 0 spiro atoms. The predicted octanol–water partition coefficient (Wildman–Crippen LogP) is 3.02. The molecular formula is C21H18N4O4. The molecule has 4 N–H and O–H groups in total. The third kappa shape index (κ3) is 2.99.